The van der Waals surface area contributed by atoms with Gasteiger partial charge < -0.3 is 23.8 Å². The van der Waals surface area contributed by atoms with E-state index in [1.807, 2.05) is 6.92 Å². The van der Waals surface area contributed by atoms with E-state index in [-0.39, 0.29) is 24.1 Å². The molecule has 0 aromatic heterocycles. The van der Waals surface area contributed by atoms with Crippen LogP contribution in [-0.2, 0) is 16.0 Å². The molecule has 1 aliphatic carbocycles. The molecule has 2 amide bonds. The van der Waals surface area contributed by atoms with E-state index in [4.69, 9.17) is 4.74 Å². The Morgan fingerprint density at radius 1 is 1.19 bits per heavy atom. The van der Waals surface area contributed by atoms with Crippen molar-refractivity contribution in [3.8, 4) is 0 Å². The number of carbonyl (C=O) groups excluding carboxylic acids is 2. The van der Waals surface area contributed by atoms with E-state index in [0.717, 1.165) is 25.7 Å². The van der Waals surface area contributed by atoms with Crippen LogP contribution >= 0.6 is 0 Å². The lowest BCUT2D eigenvalue weighted by Crippen LogP contribution is -2.55. The number of hydrogen-bond acceptors (Lipinski definition) is 5. The van der Waals surface area contributed by atoms with Crippen molar-refractivity contribution >= 4 is 29.0 Å². The largest absolute Gasteiger partial charge is 0.755 e. The normalized spacial score (nSPS) is 21.8. The van der Waals surface area contributed by atoms with Crippen LogP contribution < -0.4 is 4.72 Å². The zero-order chi connectivity index (χ0) is 19.4. The molecule has 1 saturated heterocycles. The first-order valence-corrected chi connectivity index (χ1v) is 10.2. The zero-order valence-corrected chi connectivity index (χ0v) is 16.1. The van der Waals surface area contributed by atoms with Crippen LogP contribution in [0.1, 0.15) is 43.0 Å². The third kappa shape index (κ3) is 4.98. The molecule has 2 fully saturated rings. The number of rotatable bonds is 4. The van der Waals surface area contributed by atoms with Gasteiger partial charge in [-0.25, -0.2) is 4.79 Å². The minimum absolute atomic E-state index is 0.0306. The van der Waals surface area contributed by atoms with Crippen LogP contribution in [0.2, 0.25) is 0 Å². The van der Waals surface area contributed by atoms with Crippen molar-refractivity contribution in [3.05, 3.63) is 29.8 Å². The minimum atomic E-state index is -2.40. The second kappa shape index (κ2) is 8.71. The Morgan fingerprint density at radius 3 is 2.44 bits per heavy atom. The molecule has 8 nitrogen and oxygen atoms in total. The molecular weight excluding hydrogens is 370 g/mol. The number of benzene rings is 1. The van der Waals surface area contributed by atoms with E-state index in [0.29, 0.717) is 30.9 Å². The van der Waals surface area contributed by atoms with Gasteiger partial charge in [0.05, 0.1) is 0 Å². The second-order valence-electron chi connectivity index (χ2n) is 7.00. The molecule has 0 spiro atoms. The topological polar surface area (TPSA) is 102 Å². The van der Waals surface area contributed by atoms with Crippen LogP contribution in [0.4, 0.5) is 10.5 Å². The third-order valence-corrected chi connectivity index (χ3v) is 5.45. The van der Waals surface area contributed by atoms with Crippen LogP contribution in [0.5, 0.6) is 0 Å². The quantitative estimate of drug-likeness (QED) is 0.788. The predicted molar refractivity (Wildman–Crippen MR) is 99.8 cm³/mol. The van der Waals surface area contributed by atoms with Crippen molar-refractivity contribution < 1.29 is 23.1 Å². The molecule has 1 N–H and O–H groups in total. The molecule has 148 valence electrons. The molecule has 3 rings (SSSR count). The number of nitrogens with zero attached hydrogens (tertiary/aromatic N) is 2. The van der Waals surface area contributed by atoms with Crippen LogP contribution in [0, 0.1) is 0 Å². The summed E-state index contributed by atoms with van der Waals surface area (Å²) in [5, 5.41) is 0. The molecule has 0 radical (unpaired) electrons. The molecule has 0 bridgehead atoms. The number of amides is 2. The van der Waals surface area contributed by atoms with Gasteiger partial charge >= 0.3 is 6.09 Å². The molecule has 1 unspecified atom stereocenters. The summed E-state index contributed by atoms with van der Waals surface area (Å²) >= 11 is -2.40. The number of nitrogens with one attached hydrogen (secondary N) is 1. The van der Waals surface area contributed by atoms with Gasteiger partial charge in [-0.2, -0.15) is 0 Å². The summed E-state index contributed by atoms with van der Waals surface area (Å²) < 4.78 is 29.1. The highest BCUT2D eigenvalue weighted by Gasteiger charge is 2.32. The first kappa shape index (κ1) is 19.6. The Labute approximate surface area is 161 Å². The molecule has 2 atom stereocenters. The highest BCUT2D eigenvalue weighted by atomic mass is 32.2. The van der Waals surface area contributed by atoms with E-state index in [1.165, 1.54) is 0 Å². The Kier molecular flexibility index (Phi) is 6.33. The van der Waals surface area contributed by atoms with E-state index in [9.17, 15) is 18.4 Å². The monoisotopic (exact) mass is 394 g/mol. The van der Waals surface area contributed by atoms with Crippen LogP contribution in [0.3, 0.4) is 0 Å². The Morgan fingerprint density at radius 2 is 1.85 bits per heavy atom. The molecule has 2 aliphatic rings. The fraction of sp³-hybridized carbons (Fsp3) is 0.556. The summed E-state index contributed by atoms with van der Waals surface area (Å²) in [5.41, 5.74) is 0.874. The Bertz CT molecular complexity index is 705. The van der Waals surface area contributed by atoms with Crippen LogP contribution in [0.15, 0.2) is 24.3 Å². The summed E-state index contributed by atoms with van der Waals surface area (Å²) in [6.07, 6.45) is 3.82. The van der Waals surface area contributed by atoms with Gasteiger partial charge in [0, 0.05) is 48.2 Å². The molecule has 1 heterocycles. The maximum atomic E-state index is 12.7. The first-order valence-electron chi connectivity index (χ1n) is 9.16. The predicted octanol–water partition coefficient (Wildman–Crippen LogP) is 2.12. The lowest BCUT2D eigenvalue weighted by Gasteiger charge is -2.39. The Balaban J connectivity index is 1.56. The molecule has 1 aromatic rings. The summed E-state index contributed by atoms with van der Waals surface area (Å²) in [7, 11) is 0. The standard InChI is InChI=1S/C18H25N3O5S/c1-13-12-20(18(23)26-16-4-2-3-5-16)10-11-21(13)17(22)14-6-8-15(9-7-14)19-27(24)25/h6-9,13,16,19H,2-5,10-12H2,1H3,(H,24,25)/p-1/t13-/m1/s1. The van der Waals surface area contributed by atoms with Gasteiger partial charge in [0.15, 0.2) is 0 Å². The molecule has 1 aliphatic heterocycles. The number of piperazine rings is 1. The van der Waals surface area contributed by atoms with Gasteiger partial charge in [0.1, 0.15) is 6.10 Å². The van der Waals surface area contributed by atoms with E-state index < -0.39 is 11.3 Å². The summed E-state index contributed by atoms with van der Waals surface area (Å²) in [6.45, 7) is 3.22. The summed E-state index contributed by atoms with van der Waals surface area (Å²) in [4.78, 5) is 28.5. The minimum Gasteiger partial charge on any atom is -0.755 e. The average Bonchev–Trinajstić information content (AvgIpc) is 3.14. The second-order valence-corrected chi connectivity index (χ2v) is 7.67. The number of ether oxygens (including phenoxy) is 1. The summed E-state index contributed by atoms with van der Waals surface area (Å²) in [5.74, 6) is -0.138. The van der Waals surface area contributed by atoms with Crippen molar-refractivity contribution in [1.82, 2.24) is 9.80 Å². The number of anilines is 1. The fourth-order valence-electron chi connectivity index (χ4n) is 3.59. The van der Waals surface area contributed by atoms with Gasteiger partial charge in [0.25, 0.3) is 5.91 Å². The van der Waals surface area contributed by atoms with Gasteiger partial charge in [-0.05, 0) is 56.9 Å². The van der Waals surface area contributed by atoms with Crippen LogP contribution in [0.25, 0.3) is 0 Å². The van der Waals surface area contributed by atoms with Crippen molar-refractivity contribution in [2.24, 2.45) is 0 Å². The third-order valence-electron chi connectivity index (χ3n) is 5.05. The van der Waals surface area contributed by atoms with Gasteiger partial charge in [-0.3, -0.25) is 9.00 Å². The highest BCUT2D eigenvalue weighted by Crippen LogP contribution is 2.23. The molecule has 1 aromatic carbocycles. The van der Waals surface area contributed by atoms with Crippen molar-refractivity contribution in [3.63, 3.8) is 0 Å². The Hall–Kier alpha value is -2.13. The number of carbonyl (C=O) groups is 2. The van der Waals surface area contributed by atoms with E-state index in [2.05, 4.69) is 4.72 Å². The van der Waals surface area contributed by atoms with Gasteiger partial charge in [-0.1, -0.05) is 0 Å². The maximum absolute atomic E-state index is 12.7. The molecule has 9 heteroatoms. The molecule has 1 saturated carbocycles. The van der Waals surface area contributed by atoms with E-state index >= 15 is 0 Å². The van der Waals surface area contributed by atoms with Crippen molar-refractivity contribution in [2.45, 2.75) is 44.8 Å². The molecule has 27 heavy (non-hydrogen) atoms. The van der Waals surface area contributed by atoms with Gasteiger partial charge in [-0.15, -0.1) is 0 Å². The average molecular weight is 394 g/mol. The van der Waals surface area contributed by atoms with E-state index in [1.54, 1.807) is 34.1 Å². The smallest absolute Gasteiger partial charge is 0.410 e. The summed E-state index contributed by atoms with van der Waals surface area (Å²) in [6, 6.07) is 6.14. The lowest BCUT2D eigenvalue weighted by atomic mass is 10.1. The molecular formula is C18H24N3O5S-. The fourth-order valence-corrected chi connectivity index (χ4v) is 3.92. The lowest BCUT2D eigenvalue weighted by molar-refractivity contribution is 0.0295. The van der Waals surface area contributed by atoms with Crippen molar-refractivity contribution in [1.29, 1.82) is 0 Å². The zero-order valence-electron chi connectivity index (χ0n) is 15.3. The first-order chi connectivity index (χ1) is 12.9. The van der Waals surface area contributed by atoms with Crippen LogP contribution in [-0.4, -0.2) is 62.3 Å². The van der Waals surface area contributed by atoms with Crippen molar-refractivity contribution in [2.75, 3.05) is 24.4 Å². The SMILES string of the molecule is C[C@@H]1CN(C(=O)OC2CCCC2)CCN1C(=O)c1ccc(NS(=O)[O-])cc1. The maximum Gasteiger partial charge on any atom is 0.410 e. The highest BCUT2D eigenvalue weighted by molar-refractivity contribution is 7.80. The number of hydrogen-bond donors (Lipinski definition) is 1. The van der Waals surface area contributed by atoms with Gasteiger partial charge in [0.2, 0.25) is 0 Å².